The second-order valence-corrected chi connectivity index (χ2v) is 3.44. The molecule has 0 heterocycles. The maximum atomic E-state index is 10.4. The highest BCUT2D eigenvalue weighted by Gasteiger charge is 2.09. The largest absolute Gasteiger partial charge is 0.479 e. The van der Waals surface area contributed by atoms with Gasteiger partial charge in [0.1, 0.15) is 0 Å². The Morgan fingerprint density at radius 1 is 1.40 bits per heavy atom. The van der Waals surface area contributed by atoms with E-state index in [1.807, 2.05) is 18.2 Å². The summed E-state index contributed by atoms with van der Waals surface area (Å²) in [6.07, 6.45) is 1.07. The van der Waals surface area contributed by atoms with Crippen molar-refractivity contribution in [1.82, 2.24) is 0 Å². The summed E-state index contributed by atoms with van der Waals surface area (Å²) in [7, 11) is 0. The van der Waals surface area contributed by atoms with Gasteiger partial charge in [-0.2, -0.15) is 0 Å². The minimum absolute atomic E-state index is 0.488. The van der Waals surface area contributed by atoms with Gasteiger partial charge < -0.3 is 9.84 Å². The van der Waals surface area contributed by atoms with E-state index in [2.05, 4.69) is 12.1 Å². The van der Waals surface area contributed by atoms with Crippen molar-refractivity contribution in [3.05, 3.63) is 35.9 Å². The highest BCUT2D eigenvalue weighted by molar-refractivity contribution is 5.71. The smallest absolute Gasteiger partial charge is 0.332 e. The first kappa shape index (κ1) is 11.7. The van der Waals surface area contributed by atoms with Crippen molar-refractivity contribution >= 4 is 5.97 Å². The van der Waals surface area contributed by atoms with Crippen LogP contribution in [0.1, 0.15) is 18.9 Å². The van der Waals surface area contributed by atoms with Crippen LogP contribution < -0.4 is 0 Å². The van der Waals surface area contributed by atoms with Crippen molar-refractivity contribution in [2.24, 2.45) is 0 Å². The maximum absolute atomic E-state index is 10.4. The summed E-state index contributed by atoms with van der Waals surface area (Å²) < 4.78 is 5.13. The first-order chi connectivity index (χ1) is 7.20. The minimum Gasteiger partial charge on any atom is -0.479 e. The Balaban J connectivity index is 2.15. The SMILES string of the molecule is C[C@H](OCCCc1ccccc1)C(=O)O. The van der Waals surface area contributed by atoms with Crippen LogP contribution in [0.5, 0.6) is 0 Å². The standard InChI is InChI=1S/C12H16O3/c1-10(12(13)14)15-9-5-8-11-6-3-2-4-7-11/h2-4,6-7,10H,5,8-9H2,1H3,(H,13,14)/t10-/m0/s1. The average Bonchev–Trinajstić information content (AvgIpc) is 2.25. The molecule has 1 atom stereocenters. The highest BCUT2D eigenvalue weighted by Crippen LogP contribution is 2.03. The van der Waals surface area contributed by atoms with E-state index in [0.29, 0.717) is 6.61 Å². The predicted octanol–water partition coefficient (Wildman–Crippen LogP) is 2.11. The molecule has 0 amide bonds. The maximum Gasteiger partial charge on any atom is 0.332 e. The van der Waals surface area contributed by atoms with Gasteiger partial charge in [-0.25, -0.2) is 4.79 Å². The molecule has 3 nitrogen and oxygen atoms in total. The lowest BCUT2D eigenvalue weighted by Gasteiger charge is -2.07. The molecule has 0 aliphatic carbocycles. The minimum atomic E-state index is -0.908. The topological polar surface area (TPSA) is 46.5 Å². The normalized spacial score (nSPS) is 12.3. The van der Waals surface area contributed by atoms with Crippen LogP contribution in [0.25, 0.3) is 0 Å². The Labute approximate surface area is 89.7 Å². The molecule has 1 N–H and O–H groups in total. The summed E-state index contributed by atoms with van der Waals surface area (Å²) in [5.41, 5.74) is 1.25. The number of rotatable bonds is 6. The summed E-state index contributed by atoms with van der Waals surface area (Å²) >= 11 is 0. The molecule has 1 rings (SSSR count). The molecule has 0 fully saturated rings. The first-order valence-corrected chi connectivity index (χ1v) is 5.08. The van der Waals surface area contributed by atoms with Gasteiger partial charge in [0.15, 0.2) is 6.10 Å². The van der Waals surface area contributed by atoms with E-state index in [0.717, 1.165) is 12.8 Å². The van der Waals surface area contributed by atoms with Crippen LogP contribution in [0.2, 0.25) is 0 Å². The number of ether oxygens (including phenoxy) is 1. The van der Waals surface area contributed by atoms with Crippen LogP contribution in [0, 0.1) is 0 Å². The number of aliphatic carboxylic acids is 1. The Kier molecular flexibility index (Phi) is 4.84. The van der Waals surface area contributed by atoms with Crippen molar-refractivity contribution in [3.63, 3.8) is 0 Å². The van der Waals surface area contributed by atoms with Crippen LogP contribution in [-0.2, 0) is 16.0 Å². The van der Waals surface area contributed by atoms with Crippen molar-refractivity contribution in [2.75, 3.05) is 6.61 Å². The summed E-state index contributed by atoms with van der Waals surface area (Å²) in [6, 6.07) is 10.1. The molecule has 15 heavy (non-hydrogen) atoms. The van der Waals surface area contributed by atoms with Gasteiger partial charge in [0.2, 0.25) is 0 Å². The molecule has 1 aromatic carbocycles. The monoisotopic (exact) mass is 208 g/mol. The molecular weight excluding hydrogens is 192 g/mol. The lowest BCUT2D eigenvalue weighted by atomic mass is 10.1. The number of hydrogen-bond acceptors (Lipinski definition) is 2. The summed E-state index contributed by atoms with van der Waals surface area (Å²) in [4.78, 5) is 10.4. The van der Waals surface area contributed by atoms with Gasteiger partial charge in [0.25, 0.3) is 0 Å². The summed E-state index contributed by atoms with van der Waals surface area (Å²) in [5, 5.41) is 8.57. The molecule has 0 bridgehead atoms. The molecule has 0 unspecified atom stereocenters. The molecule has 82 valence electrons. The number of carboxylic acids is 1. The molecular formula is C12H16O3. The van der Waals surface area contributed by atoms with Gasteiger partial charge >= 0.3 is 5.97 Å². The van der Waals surface area contributed by atoms with Gasteiger partial charge in [-0.1, -0.05) is 30.3 Å². The van der Waals surface area contributed by atoms with Crippen LogP contribution >= 0.6 is 0 Å². The van der Waals surface area contributed by atoms with Crippen molar-refractivity contribution < 1.29 is 14.6 Å². The van der Waals surface area contributed by atoms with E-state index in [9.17, 15) is 4.79 Å². The van der Waals surface area contributed by atoms with Gasteiger partial charge in [0.05, 0.1) is 0 Å². The van der Waals surface area contributed by atoms with Crippen molar-refractivity contribution in [2.45, 2.75) is 25.9 Å². The summed E-state index contributed by atoms with van der Waals surface area (Å²) in [6.45, 7) is 2.03. The molecule has 0 spiro atoms. The average molecular weight is 208 g/mol. The second-order valence-electron chi connectivity index (χ2n) is 3.44. The van der Waals surface area contributed by atoms with E-state index >= 15 is 0 Å². The Hall–Kier alpha value is -1.35. The molecule has 3 heteroatoms. The molecule has 0 saturated carbocycles. The quantitative estimate of drug-likeness (QED) is 0.728. The zero-order chi connectivity index (χ0) is 11.1. The number of carbonyl (C=O) groups is 1. The number of carboxylic acid groups (broad SMARTS) is 1. The van der Waals surface area contributed by atoms with Crippen LogP contribution in [0.15, 0.2) is 30.3 Å². The van der Waals surface area contributed by atoms with E-state index < -0.39 is 12.1 Å². The molecule has 1 aromatic rings. The van der Waals surface area contributed by atoms with E-state index in [4.69, 9.17) is 9.84 Å². The molecule has 0 aliphatic rings. The molecule has 0 saturated heterocycles. The zero-order valence-electron chi connectivity index (χ0n) is 8.85. The molecule has 0 radical (unpaired) electrons. The van der Waals surface area contributed by atoms with Crippen molar-refractivity contribution in [3.8, 4) is 0 Å². The van der Waals surface area contributed by atoms with Gasteiger partial charge in [0, 0.05) is 6.61 Å². The summed E-state index contributed by atoms with van der Waals surface area (Å²) in [5.74, 6) is -0.908. The fraction of sp³-hybridized carbons (Fsp3) is 0.417. The zero-order valence-corrected chi connectivity index (χ0v) is 8.85. The Bertz CT molecular complexity index is 295. The van der Waals surface area contributed by atoms with E-state index in [1.165, 1.54) is 5.56 Å². The van der Waals surface area contributed by atoms with Gasteiger partial charge in [-0.05, 0) is 25.3 Å². The third-order valence-corrected chi connectivity index (χ3v) is 2.17. The lowest BCUT2D eigenvalue weighted by molar-refractivity contribution is -0.149. The Morgan fingerprint density at radius 3 is 2.67 bits per heavy atom. The second kappa shape index (κ2) is 6.19. The van der Waals surface area contributed by atoms with Gasteiger partial charge in [-0.3, -0.25) is 0 Å². The number of aryl methyl sites for hydroxylation is 1. The van der Waals surface area contributed by atoms with Crippen molar-refractivity contribution in [1.29, 1.82) is 0 Å². The Morgan fingerprint density at radius 2 is 2.07 bits per heavy atom. The van der Waals surface area contributed by atoms with Gasteiger partial charge in [-0.15, -0.1) is 0 Å². The number of benzene rings is 1. The van der Waals surface area contributed by atoms with E-state index in [-0.39, 0.29) is 0 Å². The van der Waals surface area contributed by atoms with Crippen LogP contribution in [0.4, 0.5) is 0 Å². The third kappa shape index (κ3) is 4.61. The molecule has 0 aliphatic heterocycles. The van der Waals surface area contributed by atoms with Crippen LogP contribution in [-0.4, -0.2) is 23.8 Å². The molecule has 0 aromatic heterocycles. The number of hydrogen-bond donors (Lipinski definition) is 1. The first-order valence-electron chi connectivity index (χ1n) is 5.08. The van der Waals surface area contributed by atoms with Crippen LogP contribution in [0.3, 0.4) is 0 Å². The lowest BCUT2D eigenvalue weighted by Crippen LogP contribution is -2.20. The highest BCUT2D eigenvalue weighted by atomic mass is 16.5. The van der Waals surface area contributed by atoms with E-state index in [1.54, 1.807) is 6.92 Å². The third-order valence-electron chi connectivity index (χ3n) is 2.17. The predicted molar refractivity (Wildman–Crippen MR) is 57.8 cm³/mol. The fourth-order valence-electron chi connectivity index (χ4n) is 1.25. The fourth-order valence-corrected chi connectivity index (χ4v) is 1.25.